The summed E-state index contributed by atoms with van der Waals surface area (Å²) in [6.45, 7) is 3.65. The number of benzene rings is 1. The Morgan fingerprint density at radius 2 is 2.25 bits per heavy atom. The lowest BCUT2D eigenvalue weighted by atomic mass is 10.2. The summed E-state index contributed by atoms with van der Waals surface area (Å²) in [5, 5.41) is 3.57. The molecule has 0 bridgehead atoms. The predicted octanol–water partition coefficient (Wildman–Crippen LogP) is 1.91. The minimum Gasteiger partial charge on any atom is -0.338 e. The van der Waals surface area contributed by atoms with E-state index in [4.69, 9.17) is 11.6 Å². The second-order valence-electron chi connectivity index (χ2n) is 3.57. The van der Waals surface area contributed by atoms with Crippen LogP contribution in [-0.4, -0.2) is 30.9 Å². The maximum atomic E-state index is 11.7. The van der Waals surface area contributed by atoms with Gasteiger partial charge in [-0.25, -0.2) is 0 Å². The zero-order valence-corrected chi connectivity index (χ0v) is 10.4. The number of halogens is 1. The first-order valence-electron chi connectivity index (χ1n) is 5.34. The van der Waals surface area contributed by atoms with Crippen LogP contribution in [0.5, 0.6) is 0 Å². The van der Waals surface area contributed by atoms with Gasteiger partial charge in [-0.15, -0.1) is 0 Å². The molecule has 0 atom stereocenters. The molecule has 0 aromatic heterocycles. The largest absolute Gasteiger partial charge is 0.338 e. The Morgan fingerprint density at radius 3 is 2.81 bits per heavy atom. The van der Waals surface area contributed by atoms with Gasteiger partial charge in [0.2, 0.25) is 5.91 Å². The topological polar surface area (TPSA) is 32.3 Å². The molecular weight excluding hydrogens is 224 g/mol. The molecule has 0 aliphatic carbocycles. The number of carbonyl (C=O) groups excluding carboxylic acids is 1. The van der Waals surface area contributed by atoms with Crippen LogP contribution in [0.2, 0.25) is 5.02 Å². The number of nitrogens with one attached hydrogen (secondary N) is 1. The van der Waals surface area contributed by atoms with Crippen molar-refractivity contribution in [3.63, 3.8) is 0 Å². The molecule has 1 aromatic rings. The third-order valence-corrected chi connectivity index (χ3v) is 2.56. The maximum Gasteiger partial charge on any atom is 0.236 e. The van der Waals surface area contributed by atoms with Crippen molar-refractivity contribution < 1.29 is 4.79 Å². The highest BCUT2D eigenvalue weighted by molar-refractivity contribution is 6.30. The van der Waals surface area contributed by atoms with Gasteiger partial charge in [-0.1, -0.05) is 23.7 Å². The van der Waals surface area contributed by atoms with Gasteiger partial charge in [-0.2, -0.15) is 0 Å². The smallest absolute Gasteiger partial charge is 0.236 e. The van der Waals surface area contributed by atoms with E-state index in [1.807, 2.05) is 31.2 Å². The highest BCUT2D eigenvalue weighted by atomic mass is 35.5. The number of amides is 1. The molecule has 0 unspecified atom stereocenters. The summed E-state index contributed by atoms with van der Waals surface area (Å²) >= 11 is 5.90. The molecule has 4 heteroatoms. The van der Waals surface area contributed by atoms with Gasteiger partial charge in [-0.05, 0) is 31.7 Å². The number of hydrogen-bond acceptors (Lipinski definition) is 2. The van der Waals surface area contributed by atoms with Crippen LogP contribution in [0.3, 0.4) is 0 Å². The molecular formula is C12H17ClN2O. The SMILES string of the molecule is CCN(Cc1cccc(Cl)c1)C(=O)CNC. The fraction of sp³-hybridized carbons (Fsp3) is 0.417. The molecule has 88 valence electrons. The van der Waals surface area contributed by atoms with Crippen molar-refractivity contribution in [1.82, 2.24) is 10.2 Å². The summed E-state index contributed by atoms with van der Waals surface area (Å²) < 4.78 is 0. The van der Waals surface area contributed by atoms with Crippen molar-refractivity contribution in [1.29, 1.82) is 0 Å². The summed E-state index contributed by atoms with van der Waals surface area (Å²) in [6, 6.07) is 7.59. The normalized spacial score (nSPS) is 10.2. The van der Waals surface area contributed by atoms with Gasteiger partial charge in [0.25, 0.3) is 0 Å². The Labute approximate surface area is 101 Å². The maximum absolute atomic E-state index is 11.7. The van der Waals surface area contributed by atoms with Gasteiger partial charge in [0.05, 0.1) is 6.54 Å². The number of likely N-dealkylation sites (N-methyl/N-ethyl adjacent to an activating group) is 2. The molecule has 0 aliphatic rings. The fourth-order valence-corrected chi connectivity index (χ4v) is 1.71. The predicted molar refractivity (Wildman–Crippen MR) is 66.5 cm³/mol. The van der Waals surface area contributed by atoms with Gasteiger partial charge in [0.1, 0.15) is 0 Å². The molecule has 1 amide bonds. The van der Waals surface area contributed by atoms with Crippen LogP contribution in [0.1, 0.15) is 12.5 Å². The van der Waals surface area contributed by atoms with E-state index in [9.17, 15) is 4.79 Å². The van der Waals surface area contributed by atoms with E-state index in [0.717, 1.165) is 5.56 Å². The monoisotopic (exact) mass is 240 g/mol. The van der Waals surface area contributed by atoms with E-state index in [1.54, 1.807) is 11.9 Å². The zero-order valence-electron chi connectivity index (χ0n) is 9.66. The van der Waals surface area contributed by atoms with E-state index in [1.165, 1.54) is 0 Å². The molecule has 0 heterocycles. The first-order chi connectivity index (χ1) is 7.67. The summed E-state index contributed by atoms with van der Waals surface area (Å²) in [4.78, 5) is 13.5. The van der Waals surface area contributed by atoms with Gasteiger partial charge in [-0.3, -0.25) is 4.79 Å². The molecule has 0 radical (unpaired) electrons. The van der Waals surface area contributed by atoms with Crippen LogP contribution in [0.25, 0.3) is 0 Å². The Morgan fingerprint density at radius 1 is 1.50 bits per heavy atom. The third kappa shape index (κ3) is 3.83. The number of nitrogens with zero attached hydrogens (tertiary/aromatic N) is 1. The quantitative estimate of drug-likeness (QED) is 0.853. The molecule has 1 N–H and O–H groups in total. The van der Waals surface area contributed by atoms with Crippen LogP contribution in [-0.2, 0) is 11.3 Å². The standard InChI is InChI=1S/C12H17ClN2O/c1-3-15(12(16)8-14-2)9-10-5-4-6-11(13)7-10/h4-7,14H,3,8-9H2,1-2H3. The lowest BCUT2D eigenvalue weighted by Gasteiger charge is -2.20. The zero-order chi connectivity index (χ0) is 12.0. The van der Waals surface area contributed by atoms with E-state index in [2.05, 4.69) is 5.32 Å². The molecule has 16 heavy (non-hydrogen) atoms. The van der Waals surface area contributed by atoms with Crippen LogP contribution >= 0.6 is 11.6 Å². The van der Waals surface area contributed by atoms with Crippen LogP contribution in [0.4, 0.5) is 0 Å². The molecule has 0 spiro atoms. The van der Waals surface area contributed by atoms with E-state index < -0.39 is 0 Å². The number of carbonyl (C=O) groups is 1. The van der Waals surface area contributed by atoms with Crippen molar-refractivity contribution >= 4 is 17.5 Å². The molecule has 0 saturated heterocycles. The molecule has 0 saturated carbocycles. The van der Waals surface area contributed by atoms with Crippen molar-refractivity contribution in [3.8, 4) is 0 Å². The Bertz CT molecular complexity index is 355. The fourth-order valence-electron chi connectivity index (χ4n) is 1.50. The van der Waals surface area contributed by atoms with Crippen molar-refractivity contribution in [3.05, 3.63) is 34.9 Å². The summed E-state index contributed by atoms with van der Waals surface area (Å²) in [6.07, 6.45) is 0. The Kier molecular flexibility index (Phi) is 5.29. The number of rotatable bonds is 5. The van der Waals surface area contributed by atoms with E-state index in [0.29, 0.717) is 24.7 Å². The second-order valence-corrected chi connectivity index (χ2v) is 4.00. The van der Waals surface area contributed by atoms with Gasteiger partial charge in [0.15, 0.2) is 0 Å². The van der Waals surface area contributed by atoms with Crippen molar-refractivity contribution in [2.24, 2.45) is 0 Å². The average molecular weight is 241 g/mol. The molecule has 1 aromatic carbocycles. The van der Waals surface area contributed by atoms with Gasteiger partial charge >= 0.3 is 0 Å². The first-order valence-corrected chi connectivity index (χ1v) is 5.72. The summed E-state index contributed by atoms with van der Waals surface area (Å²) in [7, 11) is 1.77. The first kappa shape index (κ1) is 13.0. The molecule has 3 nitrogen and oxygen atoms in total. The number of hydrogen-bond donors (Lipinski definition) is 1. The van der Waals surface area contributed by atoms with Crippen molar-refractivity contribution in [2.45, 2.75) is 13.5 Å². The van der Waals surface area contributed by atoms with Gasteiger partial charge < -0.3 is 10.2 Å². The van der Waals surface area contributed by atoms with Crippen molar-refractivity contribution in [2.75, 3.05) is 20.1 Å². The minimum absolute atomic E-state index is 0.102. The van der Waals surface area contributed by atoms with Crippen LogP contribution in [0, 0.1) is 0 Å². The van der Waals surface area contributed by atoms with Crippen LogP contribution < -0.4 is 5.32 Å². The third-order valence-electron chi connectivity index (χ3n) is 2.32. The minimum atomic E-state index is 0.102. The van der Waals surface area contributed by atoms with E-state index >= 15 is 0 Å². The summed E-state index contributed by atoms with van der Waals surface area (Å²) in [5.41, 5.74) is 1.05. The highest BCUT2D eigenvalue weighted by Crippen LogP contribution is 2.12. The summed E-state index contributed by atoms with van der Waals surface area (Å²) in [5.74, 6) is 0.102. The molecule has 0 aliphatic heterocycles. The van der Waals surface area contributed by atoms with Crippen LogP contribution in [0.15, 0.2) is 24.3 Å². The highest BCUT2D eigenvalue weighted by Gasteiger charge is 2.10. The average Bonchev–Trinajstić information content (AvgIpc) is 2.26. The molecule has 1 rings (SSSR count). The van der Waals surface area contributed by atoms with Gasteiger partial charge in [0, 0.05) is 18.1 Å². The van der Waals surface area contributed by atoms with E-state index in [-0.39, 0.29) is 5.91 Å². The second kappa shape index (κ2) is 6.51. The Balaban J connectivity index is 2.66. The lowest BCUT2D eigenvalue weighted by molar-refractivity contribution is -0.130. The lowest BCUT2D eigenvalue weighted by Crippen LogP contribution is -2.36. The Hall–Kier alpha value is -1.06. The molecule has 0 fully saturated rings.